The molecule has 1 aromatic heterocycles. The Morgan fingerprint density at radius 2 is 2.00 bits per heavy atom. The fraction of sp³-hybridized carbons (Fsp3) is 0.632. The maximum absolute atomic E-state index is 14.3. The maximum Gasteiger partial charge on any atom is 0.256 e. The molecule has 10 heteroatoms. The Hall–Kier alpha value is -1.87. The van der Waals surface area contributed by atoms with Gasteiger partial charge in [0, 0.05) is 6.42 Å². The SMILES string of the molecule is C/C(=C\C(=N)Cl)C(CC(F)F)n1cc(NC(=O)C(N)C(C2CC2)C2CC2)c(F)n1. The van der Waals surface area contributed by atoms with Crippen molar-refractivity contribution in [1.82, 2.24) is 9.78 Å². The molecule has 1 aromatic rings. The lowest BCUT2D eigenvalue weighted by Crippen LogP contribution is -2.43. The minimum absolute atomic E-state index is 0.0969. The predicted octanol–water partition coefficient (Wildman–Crippen LogP) is 4.08. The van der Waals surface area contributed by atoms with Crippen molar-refractivity contribution in [2.45, 2.75) is 57.5 Å². The third kappa shape index (κ3) is 5.60. The molecule has 2 aliphatic rings. The summed E-state index contributed by atoms with van der Waals surface area (Å²) >= 11 is 5.52. The van der Waals surface area contributed by atoms with Gasteiger partial charge < -0.3 is 11.1 Å². The van der Waals surface area contributed by atoms with Crippen LogP contribution in [0.1, 0.15) is 45.1 Å². The van der Waals surface area contributed by atoms with Crippen molar-refractivity contribution in [3.8, 4) is 0 Å². The fourth-order valence-electron chi connectivity index (χ4n) is 3.90. The number of allylic oxidation sites excluding steroid dienone is 2. The Labute approximate surface area is 172 Å². The molecule has 1 heterocycles. The van der Waals surface area contributed by atoms with Crippen molar-refractivity contribution in [2.75, 3.05) is 5.32 Å². The van der Waals surface area contributed by atoms with E-state index in [4.69, 9.17) is 22.7 Å². The number of aromatic nitrogens is 2. The summed E-state index contributed by atoms with van der Waals surface area (Å²) in [4.78, 5) is 12.6. The summed E-state index contributed by atoms with van der Waals surface area (Å²) in [5.41, 5.74) is 6.29. The highest BCUT2D eigenvalue weighted by molar-refractivity contribution is 6.67. The normalized spacial score (nSPS) is 19.5. The van der Waals surface area contributed by atoms with Gasteiger partial charge in [0.05, 0.1) is 18.3 Å². The molecule has 1 amide bonds. The molecule has 3 rings (SSSR count). The lowest BCUT2D eigenvalue weighted by molar-refractivity contribution is -0.118. The highest BCUT2D eigenvalue weighted by Gasteiger charge is 2.46. The Bertz CT molecular complexity index is 792. The molecule has 29 heavy (non-hydrogen) atoms. The average Bonchev–Trinajstić information content (AvgIpc) is 3.53. The second-order valence-electron chi connectivity index (χ2n) is 7.96. The van der Waals surface area contributed by atoms with Gasteiger partial charge in [-0.2, -0.15) is 4.39 Å². The van der Waals surface area contributed by atoms with Crippen molar-refractivity contribution in [3.05, 3.63) is 23.8 Å². The van der Waals surface area contributed by atoms with Gasteiger partial charge in [-0.15, -0.1) is 5.10 Å². The second kappa shape index (κ2) is 8.87. The molecular weight excluding hydrogens is 407 g/mol. The van der Waals surface area contributed by atoms with Crippen molar-refractivity contribution in [3.63, 3.8) is 0 Å². The molecule has 0 aromatic carbocycles. The fourth-order valence-corrected chi connectivity index (χ4v) is 4.08. The molecular formula is C19H25ClF3N5O. The molecule has 2 saturated carbocycles. The van der Waals surface area contributed by atoms with Crippen LogP contribution < -0.4 is 11.1 Å². The first-order valence-electron chi connectivity index (χ1n) is 9.68. The molecule has 6 nitrogen and oxygen atoms in total. The highest BCUT2D eigenvalue weighted by atomic mass is 35.5. The Balaban J connectivity index is 1.75. The Morgan fingerprint density at radius 3 is 2.48 bits per heavy atom. The number of rotatable bonds is 10. The molecule has 0 aliphatic heterocycles. The van der Waals surface area contributed by atoms with Crippen LogP contribution in [0.4, 0.5) is 18.9 Å². The van der Waals surface area contributed by atoms with Gasteiger partial charge in [0.15, 0.2) is 0 Å². The minimum atomic E-state index is -2.68. The molecule has 2 atom stereocenters. The van der Waals surface area contributed by atoms with Gasteiger partial charge in [-0.25, -0.2) is 8.78 Å². The van der Waals surface area contributed by atoms with Gasteiger partial charge in [-0.3, -0.25) is 14.9 Å². The van der Waals surface area contributed by atoms with Crippen LogP contribution in [0.3, 0.4) is 0 Å². The third-order valence-corrected chi connectivity index (χ3v) is 5.70. The van der Waals surface area contributed by atoms with Gasteiger partial charge in [0.1, 0.15) is 10.9 Å². The second-order valence-corrected chi connectivity index (χ2v) is 8.37. The number of carbonyl (C=O) groups excluding carboxylic acids is 1. The summed E-state index contributed by atoms with van der Waals surface area (Å²) in [6.07, 6.45) is 3.31. The number of nitrogens with one attached hydrogen (secondary N) is 2. The summed E-state index contributed by atoms with van der Waals surface area (Å²) in [6, 6.07) is -1.75. The average molecular weight is 432 g/mol. The van der Waals surface area contributed by atoms with Crippen LogP contribution in [0.15, 0.2) is 17.8 Å². The number of anilines is 1. The van der Waals surface area contributed by atoms with E-state index in [0.29, 0.717) is 17.4 Å². The number of halogens is 4. The van der Waals surface area contributed by atoms with Crippen LogP contribution in [-0.4, -0.2) is 33.3 Å². The first kappa shape index (κ1) is 21.8. The molecule has 2 aliphatic carbocycles. The first-order chi connectivity index (χ1) is 13.7. The standard InChI is InChI=1S/C19H25ClF3N5O/c1-9(6-14(20)24)13(7-15(21)22)28-8-12(18(23)27-28)26-19(29)17(25)16(10-2-3-10)11-4-5-11/h6,8,10-11,13,15-17,24H,2-5,7,25H2,1H3,(H,26,29)/b9-6+,24-14?. The van der Waals surface area contributed by atoms with Crippen LogP contribution in [-0.2, 0) is 4.79 Å². The lowest BCUT2D eigenvalue weighted by atomic mass is 9.89. The summed E-state index contributed by atoms with van der Waals surface area (Å²) in [6.45, 7) is 1.51. The largest absolute Gasteiger partial charge is 0.320 e. The Morgan fingerprint density at radius 1 is 1.41 bits per heavy atom. The van der Waals surface area contributed by atoms with Crippen molar-refractivity contribution in [2.24, 2.45) is 23.5 Å². The zero-order valence-corrected chi connectivity index (χ0v) is 16.8. The van der Waals surface area contributed by atoms with E-state index < -0.39 is 36.8 Å². The molecule has 0 bridgehead atoms. The van der Waals surface area contributed by atoms with Crippen LogP contribution >= 0.6 is 11.6 Å². The highest BCUT2D eigenvalue weighted by Crippen LogP contribution is 2.50. The predicted molar refractivity (Wildman–Crippen MR) is 105 cm³/mol. The number of alkyl halides is 2. The van der Waals surface area contributed by atoms with Crippen molar-refractivity contribution in [1.29, 1.82) is 5.41 Å². The van der Waals surface area contributed by atoms with Crippen molar-refractivity contribution < 1.29 is 18.0 Å². The van der Waals surface area contributed by atoms with E-state index in [1.165, 1.54) is 19.2 Å². The topological polar surface area (TPSA) is 96.8 Å². The minimum Gasteiger partial charge on any atom is -0.320 e. The maximum atomic E-state index is 14.3. The van der Waals surface area contributed by atoms with Gasteiger partial charge in [-0.1, -0.05) is 11.6 Å². The van der Waals surface area contributed by atoms with Crippen molar-refractivity contribution >= 4 is 28.4 Å². The van der Waals surface area contributed by atoms with E-state index in [1.807, 2.05) is 0 Å². The van der Waals surface area contributed by atoms with Crippen LogP contribution in [0.25, 0.3) is 0 Å². The summed E-state index contributed by atoms with van der Waals surface area (Å²) in [5.74, 6) is -0.477. The molecule has 0 radical (unpaired) electrons. The number of amides is 1. The van der Waals surface area contributed by atoms with Crippen LogP contribution in [0.2, 0.25) is 0 Å². The van der Waals surface area contributed by atoms with E-state index in [1.54, 1.807) is 0 Å². The van der Waals surface area contributed by atoms with Crippen LogP contribution in [0.5, 0.6) is 0 Å². The number of hydrogen-bond acceptors (Lipinski definition) is 4. The quantitative estimate of drug-likeness (QED) is 0.487. The number of carbonyl (C=O) groups is 1. The summed E-state index contributed by atoms with van der Waals surface area (Å²) < 4.78 is 41.4. The summed E-state index contributed by atoms with van der Waals surface area (Å²) in [7, 11) is 0. The number of nitrogens with two attached hydrogens (primary N) is 1. The smallest absolute Gasteiger partial charge is 0.256 e. The molecule has 2 fully saturated rings. The molecule has 160 valence electrons. The molecule has 2 unspecified atom stereocenters. The molecule has 0 spiro atoms. The van der Waals surface area contributed by atoms with Gasteiger partial charge in [0.25, 0.3) is 5.95 Å². The number of nitrogens with zero attached hydrogens (tertiary/aromatic N) is 2. The van der Waals surface area contributed by atoms with E-state index in [-0.39, 0.29) is 16.8 Å². The summed E-state index contributed by atoms with van der Waals surface area (Å²) in [5, 5.41) is 13.1. The van der Waals surface area contributed by atoms with E-state index in [2.05, 4.69) is 10.4 Å². The van der Waals surface area contributed by atoms with E-state index in [0.717, 1.165) is 30.4 Å². The van der Waals surface area contributed by atoms with Gasteiger partial charge in [-0.05, 0) is 62.0 Å². The molecule has 4 N–H and O–H groups in total. The zero-order chi connectivity index (χ0) is 21.3. The van der Waals surface area contributed by atoms with Gasteiger partial charge in [0.2, 0.25) is 12.3 Å². The monoisotopic (exact) mass is 431 g/mol. The Kier molecular flexibility index (Phi) is 6.68. The third-order valence-electron chi connectivity index (χ3n) is 5.60. The van der Waals surface area contributed by atoms with E-state index >= 15 is 0 Å². The lowest BCUT2D eigenvalue weighted by Gasteiger charge is -2.22. The van der Waals surface area contributed by atoms with Gasteiger partial charge >= 0.3 is 0 Å². The molecule has 0 saturated heterocycles. The zero-order valence-electron chi connectivity index (χ0n) is 16.0. The first-order valence-corrected chi connectivity index (χ1v) is 10.1. The number of hydrogen-bond donors (Lipinski definition) is 3. The van der Waals surface area contributed by atoms with E-state index in [9.17, 15) is 18.0 Å². The van der Waals surface area contributed by atoms with Crippen LogP contribution in [0, 0.1) is 29.1 Å².